The average molecular weight is 867 g/mol. The first-order chi connectivity index (χ1) is 27.4. The highest BCUT2D eigenvalue weighted by atomic mass is 31.2. The highest BCUT2D eigenvalue weighted by Gasteiger charge is 2.50. The molecule has 2 aliphatic heterocycles. The minimum absolute atomic E-state index is 0.104. The van der Waals surface area contributed by atoms with Crippen LogP contribution in [0.1, 0.15) is 12.5 Å². The summed E-state index contributed by atoms with van der Waals surface area (Å²) >= 11 is 0. The third kappa shape index (κ3) is 10.8. The van der Waals surface area contributed by atoms with E-state index in [1.54, 1.807) is 0 Å². The number of hydrogen-bond acceptors (Lipinski definition) is 22. The summed E-state index contributed by atoms with van der Waals surface area (Å²) in [6, 6.07) is 0. The molecule has 4 aromatic heterocycles. The molecule has 0 spiro atoms. The number of phosphoric acid groups is 2. The maximum atomic E-state index is 12.0. The minimum Gasteiger partial charge on any atom is -0.440 e. The van der Waals surface area contributed by atoms with E-state index in [9.17, 15) is 28.9 Å². The summed E-state index contributed by atoms with van der Waals surface area (Å²) < 4.78 is 55.3. The molecule has 0 bridgehead atoms. The number of anilines is 2. The van der Waals surface area contributed by atoms with Gasteiger partial charge < -0.3 is 82.3 Å². The van der Waals surface area contributed by atoms with Crippen LogP contribution in [0.15, 0.2) is 25.3 Å². The fourth-order valence-electron chi connectivity index (χ4n) is 5.57. The lowest BCUT2D eigenvalue weighted by atomic mass is 10.1. The van der Waals surface area contributed by atoms with Gasteiger partial charge >= 0.3 is 27.8 Å². The highest BCUT2D eigenvalue weighted by Crippen LogP contribution is 2.41. The van der Waals surface area contributed by atoms with Crippen molar-refractivity contribution in [3.05, 3.63) is 25.3 Å². The molecule has 16 N–H and O–H groups in total. The Morgan fingerprint density at radius 3 is 1.62 bits per heavy atom. The number of ether oxygens (including phenoxy) is 4. The maximum absolute atomic E-state index is 12.0. The zero-order valence-electron chi connectivity index (χ0n) is 29.7. The van der Waals surface area contributed by atoms with Crippen LogP contribution >= 0.6 is 15.6 Å². The number of aliphatic hydroxyl groups is 2. The van der Waals surface area contributed by atoms with E-state index in [0.29, 0.717) is 0 Å². The molecule has 2 amide bonds. The second kappa shape index (κ2) is 18.9. The Kier molecular flexibility index (Phi) is 14.4. The number of rotatable bonds is 14. The van der Waals surface area contributed by atoms with E-state index in [0.717, 1.165) is 0 Å². The second-order valence-corrected chi connectivity index (χ2v) is 14.5. The Hall–Kier alpha value is -4.78. The number of nitrogens with one attached hydrogen (secondary N) is 2. The van der Waals surface area contributed by atoms with Gasteiger partial charge in [0.05, 0.1) is 25.9 Å². The van der Waals surface area contributed by atoms with Gasteiger partial charge in [0.2, 0.25) is 0 Å². The van der Waals surface area contributed by atoms with Crippen LogP contribution in [0, 0.1) is 0 Å². The van der Waals surface area contributed by atoms with E-state index in [2.05, 4.69) is 49.6 Å². The fourth-order valence-corrected chi connectivity index (χ4v) is 6.25. The topological polar surface area (TPSA) is 460 Å². The number of hydrogen-bond donors (Lipinski definition) is 12. The van der Waals surface area contributed by atoms with Crippen molar-refractivity contribution < 1.29 is 76.5 Å². The Morgan fingerprint density at radius 1 is 0.690 bits per heavy atom. The van der Waals surface area contributed by atoms with Crippen LogP contribution in [-0.4, -0.2) is 157 Å². The molecular weight excluding hydrogens is 826 g/mol. The molecule has 4 aromatic rings. The van der Waals surface area contributed by atoms with Gasteiger partial charge in [-0.3, -0.25) is 18.2 Å². The normalized spacial score (nSPS) is 24.7. The van der Waals surface area contributed by atoms with Crippen LogP contribution in [0.4, 0.5) is 21.2 Å². The zero-order chi connectivity index (χ0) is 42.4. The van der Waals surface area contributed by atoms with Gasteiger partial charge in [0.25, 0.3) is 0 Å². The van der Waals surface area contributed by atoms with Crippen molar-refractivity contribution in [3.8, 4) is 0 Å². The van der Waals surface area contributed by atoms with Gasteiger partial charge in [-0.2, -0.15) is 0 Å². The number of aromatic nitrogens is 8. The van der Waals surface area contributed by atoms with Crippen LogP contribution in [-0.2, 0) is 37.1 Å². The SMILES string of the molecule is NCCNC(=O)O[C@@H]1[C@H](O)[C@@H](COP(=O)(O)O)O[C@H]1n1cnc2c(N)ncnc21.NCCNC(=O)O[C@H]1[C@@H](O)[C@H](n2cnc3c(N)ncnc32)O[C@@H]1COP(=O)(O)O. The summed E-state index contributed by atoms with van der Waals surface area (Å²) in [5.74, 6) is 0.211. The van der Waals surface area contributed by atoms with Crippen LogP contribution in [0.5, 0.6) is 0 Å². The molecule has 2 aliphatic rings. The Labute approximate surface area is 324 Å². The lowest BCUT2D eigenvalue weighted by Crippen LogP contribution is -2.42. The average Bonchev–Trinajstić information content (AvgIpc) is 3.93. The van der Waals surface area contributed by atoms with Crippen molar-refractivity contribution in [1.29, 1.82) is 0 Å². The van der Waals surface area contributed by atoms with Crippen LogP contribution in [0.25, 0.3) is 22.3 Å². The van der Waals surface area contributed by atoms with E-state index in [1.807, 2.05) is 0 Å². The first-order valence-corrected chi connectivity index (χ1v) is 19.7. The van der Waals surface area contributed by atoms with Gasteiger partial charge in [-0.15, -0.1) is 0 Å². The summed E-state index contributed by atoms with van der Waals surface area (Å²) in [6.45, 7) is -0.724. The molecule has 0 radical (unpaired) electrons. The minimum atomic E-state index is -4.83. The molecule has 0 unspecified atom stereocenters. The first-order valence-electron chi connectivity index (χ1n) is 16.6. The van der Waals surface area contributed by atoms with Crippen molar-refractivity contribution in [3.63, 3.8) is 0 Å². The summed E-state index contributed by atoms with van der Waals surface area (Å²) in [6.07, 6.45) is -7.05. The predicted molar refractivity (Wildman–Crippen MR) is 190 cm³/mol. The third-order valence-corrected chi connectivity index (χ3v) is 9.04. The van der Waals surface area contributed by atoms with Crippen LogP contribution in [0.2, 0.25) is 0 Å². The van der Waals surface area contributed by atoms with Crippen molar-refractivity contribution >= 4 is 61.8 Å². The van der Waals surface area contributed by atoms with Gasteiger partial charge in [-0.05, 0) is 0 Å². The van der Waals surface area contributed by atoms with Gasteiger partial charge in [0.15, 0.2) is 47.6 Å². The van der Waals surface area contributed by atoms with Crippen molar-refractivity contribution in [2.75, 3.05) is 50.9 Å². The van der Waals surface area contributed by atoms with Gasteiger partial charge in [-0.1, -0.05) is 0 Å². The number of aliphatic hydroxyl groups excluding tert-OH is 2. The van der Waals surface area contributed by atoms with Crippen LogP contribution < -0.4 is 33.6 Å². The summed E-state index contributed by atoms with van der Waals surface area (Å²) in [7, 11) is -9.65. The van der Waals surface area contributed by atoms with E-state index >= 15 is 0 Å². The lowest BCUT2D eigenvalue weighted by Gasteiger charge is -2.22. The molecule has 0 saturated carbocycles. The molecule has 0 aliphatic carbocycles. The molecule has 32 heteroatoms. The number of carbonyl (C=O) groups is 2. The summed E-state index contributed by atoms with van der Waals surface area (Å²) in [4.78, 5) is 83.4. The number of nitrogens with two attached hydrogens (primary N) is 4. The molecule has 0 aromatic carbocycles. The molecule has 6 rings (SSSR count). The van der Waals surface area contributed by atoms with Gasteiger partial charge in [-0.25, -0.2) is 48.6 Å². The van der Waals surface area contributed by atoms with Gasteiger partial charge in [0, 0.05) is 26.2 Å². The molecule has 30 nitrogen and oxygen atoms in total. The number of alkyl carbamates (subject to hydrolysis) is 2. The highest BCUT2D eigenvalue weighted by molar-refractivity contribution is 7.46. The van der Waals surface area contributed by atoms with E-state index in [1.165, 1.54) is 34.4 Å². The quantitative estimate of drug-likeness (QED) is 0.0533. The molecule has 2 saturated heterocycles. The monoisotopic (exact) mass is 866 g/mol. The van der Waals surface area contributed by atoms with E-state index < -0.39 is 90.1 Å². The number of nitrogen functional groups attached to an aromatic ring is 2. The molecule has 6 heterocycles. The Bertz CT molecular complexity index is 2140. The molecular formula is C26H40N14O16P2. The molecule has 2 fully saturated rings. The van der Waals surface area contributed by atoms with Crippen molar-refractivity contribution in [1.82, 2.24) is 49.7 Å². The summed E-state index contributed by atoms with van der Waals surface area (Å²) in [5.41, 5.74) is 23.1. The van der Waals surface area contributed by atoms with E-state index in [-0.39, 0.29) is 60.1 Å². The number of imidazole rings is 2. The number of nitrogens with zero attached hydrogens (tertiary/aromatic N) is 8. The number of phosphoric ester groups is 2. The van der Waals surface area contributed by atoms with Crippen molar-refractivity contribution in [2.24, 2.45) is 11.5 Å². The standard InChI is InChI=1S/2C13H20N7O8P/c14-1-2-16-13(22)28-9-6(3-26-29(23,24)25)27-12(8(9)21)20-5-19-7-10(15)17-4-18-11(7)20;14-1-2-16-13(22)28-9-8(21)6(3-26-29(23,24)25)27-12(9)20-5-19-7-10(15)17-4-18-11(7)20/h2*4-6,8-9,12,21H,1-3,14H2,(H,16,22)(H2,15,17,18)(H2,23,24,25)/t2*6-,8-,9-,12-/m11/s1. The lowest BCUT2D eigenvalue weighted by molar-refractivity contribution is -0.0522. The zero-order valence-corrected chi connectivity index (χ0v) is 31.5. The maximum Gasteiger partial charge on any atom is 0.469 e. The number of carbonyl (C=O) groups excluding carboxylic acids is 2. The Balaban J connectivity index is 0.000000221. The Morgan fingerprint density at radius 2 is 1.14 bits per heavy atom. The largest absolute Gasteiger partial charge is 0.469 e. The predicted octanol–water partition coefficient (Wildman–Crippen LogP) is -4.34. The molecule has 320 valence electrons. The van der Waals surface area contributed by atoms with Crippen molar-refractivity contribution in [2.45, 2.75) is 49.1 Å². The summed E-state index contributed by atoms with van der Waals surface area (Å²) in [5, 5.41) is 26.0. The van der Waals surface area contributed by atoms with Gasteiger partial charge in [0.1, 0.15) is 48.1 Å². The fraction of sp³-hybridized carbons (Fsp3) is 0.538. The van der Waals surface area contributed by atoms with Crippen LogP contribution in [0.3, 0.4) is 0 Å². The molecule has 58 heavy (non-hydrogen) atoms. The third-order valence-electron chi connectivity index (χ3n) is 8.07. The number of fused-ring (bicyclic) bond motifs is 2. The molecule has 8 atom stereocenters. The second-order valence-electron chi connectivity index (χ2n) is 12.0. The smallest absolute Gasteiger partial charge is 0.440 e. The first kappa shape index (κ1) is 44.3. The van der Waals surface area contributed by atoms with E-state index in [4.69, 9.17) is 61.5 Å². The number of amides is 2.